The molecule has 22 heavy (non-hydrogen) atoms. The molecule has 0 aromatic carbocycles. The van der Waals surface area contributed by atoms with Crippen molar-refractivity contribution < 1.29 is 0 Å². The molecule has 1 saturated carbocycles. The molecule has 0 atom stereocenters. The average Bonchev–Trinajstić information content (AvgIpc) is 3.18. The molecule has 0 spiro atoms. The maximum Gasteiger partial charge on any atom is 0.191 e. The van der Waals surface area contributed by atoms with Crippen LogP contribution in [0.4, 0.5) is 0 Å². The molecule has 0 bridgehead atoms. The third-order valence-electron chi connectivity index (χ3n) is 3.46. The largest absolute Gasteiger partial charge is 0.304 e. The van der Waals surface area contributed by atoms with Crippen LogP contribution >= 0.6 is 11.8 Å². The molecule has 3 heterocycles. The normalized spacial score (nSPS) is 14.4. The summed E-state index contributed by atoms with van der Waals surface area (Å²) in [5, 5.41) is 16.5. The number of rotatable bonds is 5. The summed E-state index contributed by atoms with van der Waals surface area (Å²) in [6.45, 7) is 0. The number of aromatic amines is 1. The minimum Gasteiger partial charge on any atom is -0.304 e. The summed E-state index contributed by atoms with van der Waals surface area (Å²) in [6.07, 6.45) is 7.36. The minimum absolute atomic E-state index is 0.563. The summed E-state index contributed by atoms with van der Waals surface area (Å²) < 4.78 is 1.91. The number of hydrogen-bond donors (Lipinski definition) is 1. The number of thioether (sulfide) groups is 1. The van der Waals surface area contributed by atoms with E-state index in [4.69, 9.17) is 0 Å². The van der Waals surface area contributed by atoms with Crippen molar-refractivity contribution in [1.82, 2.24) is 39.9 Å². The van der Waals surface area contributed by atoms with Crippen LogP contribution in [-0.2, 0) is 12.8 Å². The second-order valence-electron chi connectivity index (χ2n) is 5.16. The first-order valence-corrected chi connectivity index (χ1v) is 7.99. The molecule has 1 N–H and O–H groups in total. The Morgan fingerprint density at radius 2 is 2.23 bits per heavy atom. The molecule has 3 aromatic heterocycles. The fourth-order valence-corrected chi connectivity index (χ4v) is 2.88. The van der Waals surface area contributed by atoms with Crippen molar-refractivity contribution in [1.29, 1.82) is 0 Å². The van der Waals surface area contributed by atoms with E-state index in [1.807, 2.05) is 11.6 Å². The van der Waals surface area contributed by atoms with E-state index in [9.17, 15) is 0 Å². The van der Waals surface area contributed by atoms with Crippen molar-refractivity contribution in [2.24, 2.45) is 7.05 Å². The van der Waals surface area contributed by atoms with Crippen LogP contribution < -0.4 is 0 Å². The Labute approximate surface area is 130 Å². The molecular formula is C13H14N8S. The van der Waals surface area contributed by atoms with E-state index >= 15 is 0 Å². The van der Waals surface area contributed by atoms with Gasteiger partial charge >= 0.3 is 0 Å². The standard InChI is InChI=1S/C13H14N8S/c1-21-12(9-6-14-4-5-15-9)19-20-13(21)22-7-10-16-11(18-17-10)8-2-3-8/h4-6,8H,2-3,7H2,1H3,(H,16,17,18). The lowest BCUT2D eigenvalue weighted by Crippen LogP contribution is -1.97. The summed E-state index contributed by atoms with van der Waals surface area (Å²) in [4.78, 5) is 12.8. The van der Waals surface area contributed by atoms with Crippen LogP contribution in [0, 0.1) is 0 Å². The van der Waals surface area contributed by atoms with Gasteiger partial charge in [0.2, 0.25) is 0 Å². The minimum atomic E-state index is 0.563. The quantitative estimate of drug-likeness (QED) is 0.713. The summed E-state index contributed by atoms with van der Waals surface area (Å²) in [5.74, 6) is 3.76. The van der Waals surface area contributed by atoms with E-state index in [0.29, 0.717) is 23.2 Å². The van der Waals surface area contributed by atoms with E-state index in [2.05, 4.69) is 35.3 Å². The second kappa shape index (κ2) is 5.48. The van der Waals surface area contributed by atoms with Gasteiger partial charge < -0.3 is 4.57 Å². The number of nitrogens with one attached hydrogen (secondary N) is 1. The van der Waals surface area contributed by atoms with Gasteiger partial charge in [-0.25, -0.2) is 9.97 Å². The van der Waals surface area contributed by atoms with E-state index in [0.717, 1.165) is 16.8 Å². The SMILES string of the molecule is Cn1c(SCc2nc(C3CC3)n[nH]2)nnc1-c1cnccn1. The van der Waals surface area contributed by atoms with Crippen LogP contribution in [0.3, 0.4) is 0 Å². The highest BCUT2D eigenvalue weighted by molar-refractivity contribution is 7.98. The zero-order chi connectivity index (χ0) is 14.9. The fraction of sp³-hybridized carbons (Fsp3) is 0.385. The Morgan fingerprint density at radius 1 is 1.32 bits per heavy atom. The molecule has 9 heteroatoms. The molecule has 0 radical (unpaired) electrons. The van der Waals surface area contributed by atoms with Crippen molar-refractivity contribution in [3.63, 3.8) is 0 Å². The lowest BCUT2D eigenvalue weighted by molar-refractivity contribution is 0.790. The van der Waals surface area contributed by atoms with Gasteiger partial charge in [0.1, 0.15) is 11.5 Å². The van der Waals surface area contributed by atoms with Crippen LogP contribution in [0.2, 0.25) is 0 Å². The maximum atomic E-state index is 4.51. The highest BCUT2D eigenvalue weighted by atomic mass is 32.2. The van der Waals surface area contributed by atoms with Crippen LogP contribution in [-0.4, -0.2) is 39.9 Å². The number of aromatic nitrogens is 8. The third-order valence-corrected chi connectivity index (χ3v) is 4.49. The van der Waals surface area contributed by atoms with Gasteiger partial charge in [-0.2, -0.15) is 5.10 Å². The molecule has 3 aromatic rings. The fourth-order valence-electron chi connectivity index (χ4n) is 2.11. The Hall–Kier alpha value is -2.29. The molecule has 4 rings (SSSR count). The molecule has 1 aliphatic carbocycles. The smallest absolute Gasteiger partial charge is 0.191 e. The Morgan fingerprint density at radius 3 is 3.00 bits per heavy atom. The predicted octanol–water partition coefficient (Wildman–Crippen LogP) is 1.56. The molecule has 0 aliphatic heterocycles. The second-order valence-corrected chi connectivity index (χ2v) is 6.10. The first-order chi connectivity index (χ1) is 10.8. The number of hydrogen-bond acceptors (Lipinski definition) is 7. The highest BCUT2D eigenvalue weighted by Crippen LogP contribution is 2.38. The van der Waals surface area contributed by atoms with Crippen molar-refractivity contribution in [2.75, 3.05) is 0 Å². The monoisotopic (exact) mass is 314 g/mol. The molecule has 0 amide bonds. The summed E-state index contributed by atoms with van der Waals surface area (Å²) in [5.41, 5.74) is 0.708. The first-order valence-electron chi connectivity index (χ1n) is 7.01. The lowest BCUT2D eigenvalue weighted by Gasteiger charge is -2.01. The van der Waals surface area contributed by atoms with Gasteiger partial charge in [-0.3, -0.25) is 10.1 Å². The summed E-state index contributed by atoms with van der Waals surface area (Å²) >= 11 is 1.57. The first kappa shape index (κ1) is 13.4. The molecule has 1 fully saturated rings. The van der Waals surface area contributed by atoms with Crippen molar-refractivity contribution in [3.8, 4) is 11.5 Å². The van der Waals surface area contributed by atoms with E-state index in [-0.39, 0.29) is 0 Å². The maximum absolute atomic E-state index is 4.51. The molecular weight excluding hydrogens is 300 g/mol. The molecule has 112 valence electrons. The zero-order valence-corrected chi connectivity index (χ0v) is 12.8. The van der Waals surface area contributed by atoms with Gasteiger partial charge in [-0.15, -0.1) is 10.2 Å². The highest BCUT2D eigenvalue weighted by Gasteiger charge is 2.27. The molecule has 0 unspecified atom stereocenters. The van der Waals surface area contributed by atoms with Gasteiger partial charge in [0, 0.05) is 25.4 Å². The van der Waals surface area contributed by atoms with Crippen molar-refractivity contribution in [2.45, 2.75) is 29.7 Å². The number of H-pyrrole nitrogens is 1. The Kier molecular flexibility index (Phi) is 3.34. The molecule has 1 aliphatic rings. The summed E-state index contributed by atoms with van der Waals surface area (Å²) in [6, 6.07) is 0. The van der Waals surface area contributed by atoms with Crippen LogP contribution in [0.5, 0.6) is 0 Å². The Bertz CT molecular complexity index is 776. The Balaban J connectivity index is 1.47. The van der Waals surface area contributed by atoms with Gasteiger partial charge in [0.15, 0.2) is 16.8 Å². The zero-order valence-electron chi connectivity index (χ0n) is 12.0. The van der Waals surface area contributed by atoms with E-state index in [1.54, 1.807) is 30.4 Å². The lowest BCUT2D eigenvalue weighted by atomic mass is 10.4. The third kappa shape index (κ3) is 2.59. The van der Waals surface area contributed by atoms with Gasteiger partial charge in [0.05, 0.1) is 11.9 Å². The van der Waals surface area contributed by atoms with Crippen LogP contribution in [0.25, 0.3) is 11.5 Å². The number of nitrogens with zero attached hydrogens (tertiary/aromatic N) is 7. The topological polar surface area (TPSA) is 98.1 Å². The van der Waals surface area contributed by atoms with Gasteiger partial charge in [-0.05, 0) is 12.8 Å². The average molecular weight is 314 g/mol. The molecule has 0 saturated heterocycles. The van der Waals surface area contributed by atoms with Crippen LogP contribution in [0.1, 0.15) is 30.4 Å². The van der Waals surface area contributed by atoms with Crippen molar-refractivity contribution in [3.05, 3.63) is 30.2 Å². The van der Waals surface area contributed by atoms with Gasteiger partial charge in [0.25, 0.3) is 0 Å². The predicted molar refractivity (Wildman–Crippen MR) is 79.9 cm³/mol. The van der Waals surface area contributed by atoms with E-state index < -0.39 is 0 Å². The van der Waals surface area contributed by atoms with Crippen LogP contribution in [0.15, 0.2) is 23.7 Å². The van der Waals surface area contributed by atoms with Crippen molar-refractivity contribution >= 4 is 11.8 Å². The summed E-state index contributed by atoms with van der Waals surface area (Å²) in [7, 11) is 1.92. The van der Waals surface area contributed by atoms with Gasteiger partial charge in [-0.1, -0.05) is 11.8 Å². The molecule has 8 nitrogen and oxygen atoms in total. The van der Waals surface area contributed by atoms with E-state index in [1.165, 1.54) is 12.8 Å².